The zero-order valence-electron chi connectivity index (χ0n) is 18.1. The summed E-state index contributed by atoms with van der Waals surface area (Å²) >= 11 is 0. The molecule has 0 radical (unpaired) electrons. The van der Waals surface area contributed by atoms with Crippen LogP contribution in [0.2, 0.25) is 0 Å². The molecule has 1 fully saturated rings. The number of fused-ring (bicyclic) bond motifs is 1. The molecule has 5 atom stereocenters. The standard InChI is InChI=1S/C24H26N2O5/c1-12-8-17-18(9-13(12)2)30-23-20(22(17)27)21(15-6-5-7-16(11-15)29-4)26(24(23)28)19-10-14(3)31-25-19/h5-7,10-13,17-18,21H,8-9H2,1-4H3. The van der Waals surface area contributed by atoms with Gasteiger partial charge < -0.3 is 14.0 Å². The molecule has 0 saturated heterocycles. The molecule has 1 amide bonds. The van der Waals surface area contributed by atoms with Crippen LogP contribution in [0.3, 0.4) is 0 Å². The molecule has 1 aliphatic carbocycles. The van der Waals surface area contributed by atoms with Gasteiger partial charge in [0.15, 0.2) is 17.4 Å². The van der Waals surface area contributed by atoms with Gasteiger partial charge in [-0.1, -0.05) is 31.1 Å². The van der Waals surface area contributed by atoms with Gasteiger partial charge in [-0.3, -0.25) is 14.5 Å². The third-order valence-electron chi connectivity index (χ3n) is 6.98. The molecule has 5 rings (SSSR count). The number of benzene rings is 1. The van der Waals surface area contributed by atoms with Crippen molar-refractivity contribution < 1.29 is 23.6 Å². The van der Waals surface area contributed by atoms with Crippen LogP contribution in [-0.4, -0.2) is 30.1 Å². The Bertz CT molecular complexity index is 1090. The fourth-order valence-electron chi connectivity index (χ4n) is 5.09. The number of Topliss-reactive ketones (excluding diaryl/α,β-unsaturated/α-hetero) is 1. The average molecular weight is 422 g/mol. The van der Waals surface area contributed by atoms with E-state index in [-0.39, 0.29) is 29.5 Å². The Hall–Kier alpha value is -3.09. The largest absolute Gasteiger partial charge is 0.497 e. The number of aryl methyl sites for hydroxylation is 1. The van der Waals surface area contributed by atoms with Gasteiger partial charge in [-0.15, -0.1) is 0 Å². The number of ether oxygens (including phenoxy) is 2. The highest BCUT2D eigenvalue weighted by Gasteiger charge is 2.54. The molecular formula is C24H26N2O5. The third-order valence-corrected chi connectivity index (χ3v) is 6.98. The van der Waals surface area contributed by atoms with Gasteiger partial charge in [0.05, 0.1) is 24.6 Å². The van der Waals surface area contributed by atoms with E-state index >= 15 is 0 Å². The molecule has 7 heteroatoms. The summed E-state index contributed by atoms with van der Waals surface area (Å²) in [6, 6.07) is 8.49. The van der Waals surface area contributed by atoms with Crippen molar-refractivity contribution in [3.8, 4) is 5.75 Å². The van der Waals surface area contributed by atoms with Crippen LogP contribution in [0, 0.1) is 24.7 Å². The first-order valence-corrected chi connectivity index (χ1v) is 10.7. The Labute approximate surface area is 181 Å². The lowest BCUT2D eigenvalue weighted by atomic mass is 9.70. The maximum atomic E-state index is 13.8. The predicted octanol–water partition coefficient (Wildman–Crippen LogP) is 3.98. The zero-order chi connectivity index (χ0) is 21.9. The van der Waals surface area contributed by atoms with Crippen LogP contribution in [-0.2, 0) is 14.3 Å². The van der Waals surface area contributed by atoms with Gasteiger partial charge >= 0.3 is 0 Å². The predicted molar refractivity (Wildman–Crippen MR) is 112 cm³/mol. The molecule has 0 N–H and O–H groups in total. The second kappa shape index (κ2) is 7.25. The number of aromatic nitrogens is 1. The van der Waals surface area contributed by atoms with Gasteiger partial charge in [0.2, 0.25) is 0 Å². The number of ketones is 1. The molecule has 0 bridgehead atoms. The molecule has 2 aromatic rings. The first-order chi connectivity index (χ1) is 14.9. The minimum atomic E-state index is -0.634. The lowest BCUT2D eigenvalue weighted by Crippen LogP contribution is -2.43. The van der Waals surface area contributed by atoms with E-state index in [1.54, 1.807) is 20.1 Å². The van der Waals surface area contributed by atoms with E-state index in [4.69, 9.17) is 14.0 Å². The first-order valence-electron chi connectivity index (χ1n) is 10.7. The molecule has 1 aromatic carbocycles. The van der Waals surface area contributed by atoms with Gasteiger partial charge in [0.25, 0.3) is 5.91 Å². The van der Waals surface area contributed by atoms with Crippen LogP contribution in [0.5, 0.6) is 5.75 Å². The van der Waals surface area contributed by atoms with E-state index < -0.39 is 6.04 Å². The Balaban J connectivity index is 1.64. The van der Waals surface area contributed by atoms with Gasteiger partial charge in [-0.05, 0) is 49.3 Å². The third kappa shape index (κ3) is 3.06. The highest BCUT2D eigenvalue weighted by Crippen LogP contribution is 2.49. The van der Waals surface area contributed by atoms with Crippen LogP contribution in [0.4, 0.5) is 5.82 Å². The van der Waals surface area contributed by atoms with Crippen molar-refractivity contribution in [2.75, 3.05) is 12.0 Å². The topological polar surface area (TPSA) is 81.9 Å². The van der Waals surface area contributed by atoms with Crippen LogP contribution >= 0.6 is 0 Å². The van der Waals surface area contributed by atoms with Crippen LogP contribution in [0.1, 0.15) is 44.1 Å². The van der Waals surface area contributed by atoms with Crippen LogP contribution < -0.4 is 9.64 Å². The summed E-state index contributed by atoms with van der Waals surface area (Å²) in [5.74, 6) is 2.05. The van der Waals surface area contributed by atoms with Crippen molar-refractivity contribution in [1.29, 1.82) is 0 Å². The van der Waals surface area contributed by atoms with E-state index in [9.17, 15) is 9.59 Å². The summed E-state index contributed by atoms with van der Waals surface area (Å²) in [5.41, 5.74) is 1.19. The summed E-state index contributed by atoms with van der Waals surface area (Å²) < 4.78 is 16.9. The SMILES string of the molecule is COc1cccc(C2C3=C(OC4CC(C)C(C)CC4C3=O)C(=O)N2c2cc(C)on2)c1. The Morgan fingerprint density at radius 2 is 1.90 bits per heavy atom. The smallest absolute Gasteiger partial charge is 0.295 e. The van der Waals surface area contributed by atoms with Crippen molar-refractivity contribution in [1.82, 2.24) is 5.16 Å². The van der Waals surface area contributed by atoms with Crippen molar-refractivity contribution in [3.63, 3.8) is 0 Å². The van der Waals surface area contributed by atoms with E-state index in [1.165, 1.54) is 4.90 Å². The van der Waals surface area contributed by atoms with Crippen LogP contribution in [0.15, 0.2) is 46.2 Å². The molecule has 162 valence electrons. The van der Waals surface area contributed by atoms with Crippen molar-refractivity contribution in [2.45, 2.75) is 45.8 Å². The number of methoxy groups -OCH3 is 1. The van der Waals surface area contributed by atoms with Crippen molar-refractivity contribution in [2.24, 2.45) is 17.8 Å². The Morgan fingerprint density at radius 1 is 1.13 bits per heavy atom. The monoisotopic (exact) mass is 422 g/mol. The number of rotatable bonds is 3. The lowest BCUT2D eigenvalue weighted by Gasteiger charge is -2.40. The number of anilines is 1. The number of carbonyl (C=O) groups is 2. The van der Waals surface area contributed by atoms with Gasteiger partial charge in [-0.25, -0.2) is 0 Å². The molecule has 2 aliphatic heterocycles. The molecular weight excluding hydrogens is 396 g/mol. The second-order valence-electron chi connectivity index (χ2n) is 8.95. The molecule has 3 heterocycles. The van der Waals surface area contributed by atoms with E-state index in [0.717, 1.165) is 18.4 Å². The number of amides is 1. The minimum absolute atomic E-state index is 0.00823. The minimum Gasteiger partial charge on any atom is -0.497 e. The summed E-state index contributed by atoms with van der Waals surface area (Å²) in [4.78, 5) is 28.8. The Kier molecular flexibility index (Phi) is 4.64. The van der Waals surface area contributed by atoms with Gasteiger partial charge in [-0.2, -0.15) is 0 Å². The second-order valence-corrected chi connectivity index (χ2v) is 8.95. The fraction of sp³-hybridized carbons (Fsp3) is 0.458. The highest BCUT2D eigenvalue weighted by atomic mass is 16.5. The fourth-order valence-corrected chi connectivity index (χ4v) is 5.09. The summed E-state index contributed by atoms with van der Waals surface area (Å²) in [6.45, 7) is 6.13. The van der Waals surface area contributed by atoms with Gasteiger partial charge in [0.1, 0.15) is 17.6 Å². The lowest BCUT2D eigenvalue weighted by molar-refractivity contribution is -0.134. The molecule has 1 saturated carbocycles. The van der Waals surface area contributed by atoms with Crippen molar-refractivity contribution >= 4 is 17.5 Å². The molecule has 3 aliphatic rings. The number of hydrogen-bond donors (Lipinski definition) is 0. The normalized spacial score (nSPS) is 30.2. The molecule has 5 unspecified atom stereocenters. The maximum absolute atomic E-state index is 13.8. The van der Waals surface area contributed by atoms with Crippen molar-refractivity contribution in [3.05, 3.63) is 53.0 Å². The van der Waals surface area contributed by atoms with E-state index in [2.05, 4.69) is 19.0 Å². The van der Waals surface area contributed by atoms with E-state index in [1.807, 2.05) is 24.3 Å². The summed E-state index contributed by atoms with van der Waals surface area (Å²) in [5, 5.41) is 4.07. The quantitative estimate of drug-likeness (QED) is 0.744. The van der Waals surface area contributed by atoms with Crippen LogP contribution in [0.25, 0.3) is 0 Å². The highest BCUT2D eigenvalue weighted by molar-refractivity contribution is 6.17. The molecule has 31 heavy (non-hydrogen) atoms. The Morgan fingerprint density at radius 3 is 2.61 bits per heavy atom. The molecule has 0 spiro atoms. The summed E-state index contributed by atoms with van der Waals surface area (Å²) in [6.07, 6.45) is 1.28. The maximum Gasteiger partial charge on any atom is 0.295 e. The molecule has 1 aromatic heterocycles. The average Bonchev–Trinajstić information content (AvgIpc) is 3.31. The van der Waals surface area contributed by atoms with Gasteiger partial charge in [0, 0.05) is 6.07 Å². The first kappa shape index (κ1) is 19.8. The molecule has 7 nitrogen and oxygen atoms in total. The number of nitrogens with zero attached hydrogens (tertiary/aromatic N) is 2. The van der Waals surface area contributed by atoms with E-state index in [0.29, 0.717) is 34.7 Å². The summed E-state index contributed by atoms with van der Waals surface area (Å²) in [7, 11) is 1.59. The zero-order valence-corrected chi connectivity index (χ0v) is 18.1. The number of hydrogen-bond acceptors (Lipinski definition) is 6. The number of carbonyl (C=O) groups excluding carboxylic acids is 2.